The maximum absolute atomic E-state index is 14.5. The van der Waals surface area contributed by atoms with E-state index in [1.54, 1.807) is 42.5 Å². The van der Waals surface area contributed by atoms with Crippen molar-refractivity contribution in [3.05, 3.63) is 71.3 Å². The van der Waals surface area contributed by atoms with E-state index in [0.29, 0.717) is 5.56 Å². The van der Waals surface area contributed by atoms with Gasteiger partial charge in [0.15, 0.2) is 5.96 Å². The van der Waals surface area contributed by atoms with Crippen LogP contribution in [0.5, 0.6) is 0 Å². The third-order valence-corrected chi connectivity index (χ3v) is 9.20. The van der Waals surface area contributed by atoms with Crippen molar-refractivity contribution in [1.82, 2.24) is 26.2 Å². The van der Waals surface area contributed by atoms with Crippen LogP contribution in [0.1, 0.15) is 56.2 Å². The lowest BCUT2D eigenvalue weighted by Crippen LogP contribution is -2.62. The molecule has 2 aromatic carbocycles. The molecule has 2 aromatic rings. The fraction of sp³-hybridized carbons (Fsp3) is 0.474. The van der Waals surface area contributed by atoms with Crippen molar-refractivity contribution in [3.63, 3.8) is 0 Å². The Kier molecular flexibility index (Phi) is 17.4. The van der Waals surface area contributed by atoms with Gasteiger partial charge in [0, 0.05) is 25.9 Å². The summed E-state index contributed by atoms with van der Waals surface area (Å²) < 4.78 is 0. The number of hydrogen-bond acceptors (Lipinski definition) is 10. The molecule has 0 aliphatic carbocycles. The Balaban J connectivity index is 1.94. The normalized spacial score (nSPS) is 16.1. The molecular formula is C38H54N10O9. The molecule has 0 fully saturated rings. The Hall–Kier alpha value is -6.08. The first kappa shape index (κ1) is 45.3. The molecule has 1 heterocycles. The van der Waals surface area contributed by atoms with Gasteiger partial charge < -0.3 is 59.3 Å². The molecule has 6 atom stereocenters. The van der Waals surface area contributed by atoms with E-state index in [0.717, 1.165) is 11.1 Å². The molecule has 57 heavy (non-hydrogen) atoms. The number of aliphatic carboxylic acids is 1. The first-order chi connectivity index (χ1) is 27.0. The van der Waals surface area contributed by atoms with Crippen LogP contribution >= 0.6 is 0 Å². The Bertz CT molecular complexity index is 1770. The van der Waals surface area contributed by atoms with Crippen molar-refractivity contribution in [1.29, 1.82) is 0 Å². The number of carboxylic acid groups (broad SMARTS) is 1. The number of fused-ring (bicyclic) bond motifs is 1. The zero-order valence-electron chi connectivity index (χ0n) is 32.1. The number of aliphatic hydroxyl groups excluding tert-OH is 1. The first-order valence-corrected chi connectivity index (χ1v) is 18.6. The van der Waals surface area contributed by atoms with Crippen LogP contribution in [0, 0.1) is 5.92 Å². The lowest BCUT2D eigenvalue weighted by Gasteiger charge is -2.39. The number of amides is 6. The third-order valence-electron chi connectivity index (χ3n) is 9.20. The van der Waals surface area contributed by atoms with Gasteiger partial charge in [-0.05, 0) is 41.9 Å². The summed E-state index contributed by atoms with van der Waals surface area (Å²) in [5, 5.41) is 29.3. The van der Waals surface area contributed by atoms with Crippen molar-refractivity contribution in [2.75, 3.05) is 13.2 Å². The minimum atomic E-state index is -1.68. The Morgan fingerprint density at radius 2 is 1.40 bits per heavy atom. The summed E-state index contributed by atoms with van der Waals surface area (Å²) in [5.41, 5.74) is 24.0. The molecule has 1 aliphatic heterocycles. The quantitative estimate of drug-likeness (QED) is 0.0356. The SMILES string of the molecule is CC(C)C[C@H](NC(=O)[C@@H]1Cc2ccccc2CN1C(=O)[C@H](Cc1ccccc1)NC(=O)[C@@H](N)CO)C(=O)N[C@@H](CCCN=C(N)N)C(=O)N[C@@H](CC(N)=O)C(=O)O. The fourth-order valence-corrected chi connectivity index (χ4v) is 6.29. The maximum atomic E-state index is 14.5. The number of benzene rings is 2. The minimum absolute atomic E-state index is 0.00452. The van der Waals surface area contributed by atoms with E-state index in [4.69, 9.17) is 22.9 Å². The summed E-state index contributed by atoms with van der Waals surface area (Å²) in [5.74, 6) is -6.61. The van der Waals surface area contributed by atoms with Crippen LogP contribution in [-0.2, 0) is 52.9 Å². The van der Waals surface area contributed by atoms with Gasteiger partial charge in [0.2, 0.25) is 35.4 Å². The largest absolute Gasteiger partial charge is 0.480 e. The summed E-state index contributed by atoms with van der Waals surface area (Å²) >= 11 is 0. The van der Waals surface area contributed by atoms with Crippen molar-refractivity contribution in [3.8, 4) is 0 Å². The molecule has 6 amide bonds. The molecule has 0 radical (unpaired) electrons. The first-order valence-electron chi connectivity index (χ1n) is 18.6. The second-order valence-electron chi connectivity index (χ2n) is 14.3. The van der Waals surface area contributed by atoms with E-state index in [-0.39, 0.29) is 57.1 Å². The standard InChI is InChI=1S/C38H54N10O9/c1-21(2)15-27(34(53)44-26(13-8-14-43-38(41)42)33(52)47-29(37(56)57)18-31(40)50)45-35(54)30-17-23-11-6-7-12-24(23)19-48(30)36(55)28(46-32(51)25(39)20-49)16-22-9-4-3-5-10-22/h3-7,9-12,21,25-30,49H,8,13-20,39H2,1-2H3,(H2,40,50)(H,44,53)(H,45,54)(H,46,51)(H,47,52)(H,56,57)(H4,41,42,43)/t25-,26-,27-,28-,29-,30-/m0/s1. The van der Waals surface area contributed by atoms with Gasteiger partial charge in [-0.1, -0.05) is 68.4 Å². The molecule has 0 saturated heterocycles. The molecule has 0 unspecified atom stereocenters. The van der Waals surface area contributed by atoms with Crippen molar-refractivity contribution < 1.29 is 43.8 Å². The highest BCUT2D eigenvalue weighted by Gasteiger charge is 2.40. The Labute approximate surface area is 330 Å². The second kappa shape index (κ2) is 21.9. The number of guanidine groups is 1. The summed E-state index contributed by atoms with van der Waals surface area (Å²) in [6, 6.07) is 8.24. The second-order valence-corrected chi connectivity index (χ2v) is 14.3. The van der Waals surface area contributed by atoms with Crippen LogP contribution in [0.2, 0.25) is 0 Å². The molecule has 19 heteroatoms. The number of carbonyl (C=O) groups excluding carboxylic acids is 6. The number of hydrogen-bond donors (Lipinski definition) is 10. The average Bonchev–Trinajstić information content (AvgIpc) is 3.16. The monoisotopic (exact) mass is 794 g/mol. The lowest BCUT2D eigenvalue weighted by atomic mass is 9.91. The van der Waals surface area contributed by atoms with Gasteiger partial charge in [-0.2, -0.15) is 0 Å². The Morgan fingerprint density at radius 3 is 2.00 bits per heavy atom. The molecule has 3 rings (SSSR count). The number of nitrogens with two attached hydrogens (primary N) is 4. The fourth-order valence-electron chi connectivity index (χ4n) is 6.29. The molecule has 14 N–H and O–H groups in total. The molecule has 1 aliphatic rings. The van der Waals surface area contributed by atoms with Gasteiger partial charge in [-0.3, -0.25) is 33.8 Å². The number of aliphatic hydroxyl groups is 1. The van der Waals surface area contributed by atoms with Gasteiger partial charge in [-0.15, -0.1) is 0 Å². The molecule has 19 nitrogen and oxygen atoms in total. The minimum Gasteiger partial charge on any atom is -0.480 e. The van der Waals surface area contributed by atoms with Gasteiger partial charge in [0.05, 0.1) is 13.0 Å². The lowest BCUT2D eigenvalue weighted by molar-refractivity contribution is -0.145. The van der Waals surface area contributed by atoms with Crippen molar-refractivity contribution >= 4 is 47.4 Å². The Morgan fingerprint density at radius 1 is 0.807 bits per heavy atom. The van der Waals surface area contributed by atoms with Gasteiger partial charge in [0.25, 0.3) is 0 Å². The molecule has 310 valence electrons. The van der Waals surface area contributed by atoms with Crippen LogP contribution in [0.15, 0.2) is 59.6 Å². The van der Waals surface area contributed by atoms with Gasteiger partial charge in [-0.25, -0.2) is 4.79 Å². The van der Waals surface area contributed by atoms with Crippen LogP contribution in [0.3, 0.4) is 0 Å². The molecule has 0 aromatic heterocycles. The maximum Gasteiger partial charge on any atom is 0.326 e. The highest BCUT2D eigenvalue weighted by molar-refractivity contribution is 5.97. The zero-order valence-corrected chi connectivity index (χ0v) is 32.1. The van der Waals surface area contributed by atoms with Crippen LogP contribution in [0.4, 0.5) is 0 Å². The number of primary amides is 1. The number of rotatable bonds is 21. The van der Waals surface area contributed by atoms with E-state index >= 15 is 0 Å². The van der Waals surface area contributed by atoms with Crippen LogP contribution < -0.4 is 44.2 Å². The van der Waals surface area contributed by atoms with E-state index in [1.807, 2.05) is 26.0 Å². The van der Waals surface area contributed by atoms with E-state index in [2.05, 4.69) is 26.3 Å². The van der Waals surface area contributed by atoms with E-state index < -0.39 is 90.7 Å². The number of carboxylic acids is 1. The van der Waals surface area contributed by atoms with E-state index in [9.17, 15) is 43.8 Å². The summed E-state index contributed by atoms with van der Waals surface area (Å²) in [6.07, 6.45) is -0.376. The number of nitrogens with one attached hydrogen (secondary N) is 4. The van der Waals surface area contributed by atoms with E-state index in [1.165, 1.54) is 4.90 Å². The number of carbonyl (C=O) groups is 7. The highest BCUT2D eigenvalue weighted by Crippen LogP contribution is 2.25. The van der Waals surface area contributed by atoms with Crippen LogP contribution in [0.25, 0.3) is 0 Å². The predicted molar refractivity (Wildman–Crippen MR) is 208 cm³/mol. The molecule has 0 spiro atoms. The van der Waals surface area contributed by atoms with Gasteiger partial charge >= 0.3 is 5.97 Å². The predicted octanol–water partition coefficient (Wildman–Crippen LogP) is -2.50. The zero-order chi connectivity index (χ0) is 42.2. The van der Waals surface area contributed by atoms with Gasteiger partial charge in [0.1, 0.15) is 36.3 Å². The molecular weight excluding hydrogens is 740 g/mol. The third kappa shape index (κ3) is 14.2. The number of aliphatic imine (C=N–C) groups is 1. The van der Waals surface area contributed by atoms with Crippen LogP contribution in [-0.4, -0.2) is 112 Å². The summed E-state index contributed by atoms with van der Waals surface area (Å²) in [4.78, 5) is 97.5. The smallest absolute Gasteiger partial charge is 0.326 e. The average molecular weight is 795 g/mol. The highest BCUT2D eigenvalue weighted by atomic mass is 16.4. The summed E-state index contributed by atoms with van der Waals surface area (Å²) in [6.45, 7) is 3.03. The van der Waals surface area contributed by atoms with Crippen molar-refractivity contribution in [2.24, 2.45) is 33.8 Å². The molecule has 0 saturated carbocycles. The topological polar surface area (TPSA) is 328 Å². The van der Waals surface area contributed by atoms with Crippen molar-refractivity contribution in [2.45, 2.75) is 95.2 Å². The molecule has 0 bridgehead atoms. The summed E-state index contributed by atoms with van der Waals surface area (Å²) in [7, 11) is 0. The number of nitrogens with zero attached hydrogens (tertiary/aromatic N) is 2.